The second kappa shape index (κ2) is 7.21. The number of hydrogen-bond acceptors (Lipinski definition) is 3. The molecule has 8 heteroatoms. The molecule has 1 saturated heterocycles. The topological polar surface area (TPSA) is 69.6 Å². The first-order valence-electron chi connectivity index (χ1n) is 7.58. The Bertz CT molecular complexity index is 582. The van der Waals surface area contributed by atoms with Crippen LogP contribution in [0.25, 0.3) is 0 Å². The number of nitrogens with one attached hydrogen (secondary N) is 1. The van der Waals surface area contributed by atoms with E-state index in [4.69, 9.17) is 5.11 Å². The van der Waals surface area contributed by atoms with Crippen LogP contribution < -0.4 is 5.32 Å². The molecule has 24 heavy (non-hydrogen) atoms. The van der Waals surface area contributed by atoms with Crippen LogP contribution in [-0.4, -0.2) is 46.7 Å². The quantitative estimate of drug-likeness (QED) is 0.859. The summed E-state index contributed by atoms with van der Waals surface area (Å²) in [5.74, 6) is -3.31. The summed E-state index contributed by atoms with van der Waals surface area (Å²) in [4.78, 5) is 24.3. The molecule has 1 aliphatic heterocycles. The molecule has 1 amide bonds. The van der Waals surface area contributed by atoms with Gasteiger partial charge in [0.15, 0.2) is 0 Å². The van der Waals surface area contributed by atoms with Gasteiger partial charge in [-0.1, -0.05) is 30.3 Å². The van der Waals surface area contributed by atoms with E-state index in [0.717, 1.165) is 5.56 Å². The van der Waals surface area contributed by atoms with Gasteiger partial charge in [-0.05, 0) is 18.4 Å². The average Bonchev–Trinajstić information content (AvgIpc) is 2.49. The minimum Gasteiger partial charge on any atom is -0.481 e. The van der Waals surface area contributed by atoms with E-state index < -0.39 is 30.0 Å². The number of likely N-dealkylation sites (tertiary alicyclic amines) is 1. The van der Waals surface area contributed by atoms with Crippen molar-refractivity contribution in [1.29, 1.82) is 0 Å². The van der Waals surface area contributed by atoms with Crippen molar-refractivity contribution in [1.82, 2.24) is 10.2 Å². The van der Waals surface area contributed by atoms with Gasteiger partial charge < -0.3 is 10.4 Å². The minimum atomic E-state index is -5.02. The number of halogens is 3. The van der Waals surface area contributed by atoms with E-state index in [0.29, 0.717) is 19.6 Å². The van der Waals surface area contributed by atoms with Crippen LogP contribution in [0.15, 0.2) is 30.3 Å². The molecule has 2 rings (SSSR count). The number of aliphatic carboxylic acids is 1. The van der Waals surface area contributed by atoms with Crippen LogP contribution in [0.3, 0.4) is 0 Å². The Kier molecular flexibility index (Phi) is 5.48. The first-order valence-corrected chi connectivity index (χ1v) is 7.58. The van der Waals surface area contributed by atoms with Crippen molar-refractivity contribution in [3.63, 3.8) is 0 Å². The van der Waals surface area contributed by atoms with Crippen LogP contribution in [0.2, 0.25) is 0 Å². The van der Waals surface area contributed by atoms with Gasteiger partial charge in [-0.3, -0.25) is 14.5 Å². The molecule has 1 aromatic rings. The summed E-state index contributed by atoms with van der Waals surface area (Å²) in [5, 5.41) is 10.9. The van der Waals surface area contributed by atoms with Gasteiger partial charge in [0.05, 0.1) is 12.0 Å². The predicted octanol–water partition coefficient (Wildman–Crippen LogP) is 2.17. The monoisotopic (exact) mass is 344 g/mol. The first-order chi connectivity index (χ1) is 11.2. The summed E-state index contributed by atoms with van der Waals surface area (Å²) >= 11 is 0. The Morgan fingerprint density at radius 2 is 1.75 bits per heavy atom. The maximum absolute atomic E-state index is 12.5. The Labute approximate surface area is 137 Å². The van der Waals surface area contributed by atoms with Gasteiger partial charge in [-0.2, -0.15) is 13.2 Å². The minimum absolute atomic E-state index is 0.161. The molecule has 0 spiro atoms. The van der Waals surface area contributed by atoms with Gasteiger partial charge in [-0.25, -0.2) is 0 Å². The zero-order valence-electron chi connectivity index (χ0n) is 13.0. The largest absolute Gasteiger partial charge is 0.481 e. The summed E-state index contributed by atoms with van der Waals surface area (Å²) in [6.07, 6.45) is -5.22. The van der Waals surface area contributed by atoms with Crippen LogP contribution in [0.5, 0.6) is 0 Å². The van der Waals surface area contributed by atoms with Crippen molar-refractivity contribution >= 4 is 11.9 Å². The molecular formula is C16H19F3N2O3. The molecule has 1 aromatic carbocycles. The number of carboxylic acid groups (broad SMARTS) is 1. The van der Waals surface area contributed by atoms with Crippen LogP contribution >= 0.6 is 0 Å². The Morgan fingerprint density at radius 3 is 2.25 bits per heavy atom. The number of nitrogens with zero attached hydrogens (tertiary/aromatic N) is 1. The van der Waals surface area contributed by atoms with Crippen LogP contribution in [0.1, 0.15) is 24.8 Å². The van der Waals surface area contributed by atoms with Crippen LogP contribution in [-0.2, 0) is 16.1 Å². The number of hydrogen-bond donors (Lipinski definition) is 2. The molecule has 0 saturated carbocycles. The molecule has 0 bridgehead atoms. The SMILES string of the molecule is O=C(O)CC1(NC(=O)C(F)(F)F)CCN(Cc2ccccc2)CC1. The molecule has 1 fully saturated rings. The summed E-state index contributed by atoms with van der Waals surface area (Å²) in [6.45, 7) is 1.47. The molecule has 5 nitrogen and oxygen atoms in total. The second-order valence-corrected chi connectivity index (χ2v) is 6.06. The third-order valence-electron chi connectivity index (χ3n) is 4.19. The molecular weight excluding hydrogens is 325 g/mol. The zero-order chi connectivity index (χ0) is 17.8. The van der Waals surface area contributed by atoms with E-state index in [2.05, 4.69) is 0 Å². The van der Waals surface area contributed by atoms with Gasteiger partial charge in [0, 0.05) is 19.6 Å². The Hall–Kier alpha value is -2.09. The highest BCUT2D eigenvalue weighted by molar-refractivity contribution is 5.83. The van der Waals surface area contributed by atoms with E-state index in [1.54, 1.807) is 0 Å². The number of benzene rings is 1. The molecule has 0 radical (unpaired) electrons. The lowest BCUT2D eigenvalue weighted by Crippen LogP contribution is -2.58. The average molecular weight is 344 g/mol. The van der Waals surface area contributed by atoms with E-state index in [1.807, 2.05) is 40.5 Å². The van der Waals surface area contributed by atoms with Crippen molar-refractivity contribution in [3.8, 4) is 0 Å². The lowest BCUT2D eigenvalue weighted by atomic mass is 9.84. The number of alkyl halides is 3. The highest BCUT2D eigenvalue weighted by atomic mass is 19.4. The molecule has 1 heterocycles. The van der Waals surface area contributed by atoms with E-state index in [9.17, 15) is 22.8 Å². The van der Waals surface area contributed by atoms with Crippen LogP contribution in [0, 0.1) is 0 Å². The lowest BCUT2D eigenvalue weighted by molar-refractivity contribution is -0.176. The van der Waals surface area contributed by atoms with Crippen LogP contribution in [0.4, 0.5) is 13.2 Å². The number of carbonyl (C=O) groups is 2. The number of carboxylic acids is 1. The molecule has 0 aliphatic carbocycles. The fourth-order valence-electron chi connectivity index (χ4n) is 2.93. The highest BCUT2D eigenvalue weighted by Gasteiger charge is 2.46. The normalized spacial score (nSPS) is 18.1. The number of carbonyl (C=O) groups excluding carboxylic acids is 1. The molecule has 0 aromatic heterocycles. The summed E-state index contributed by atoms with van der Waals surface area (Å²) in [5.41, 5.74) is -0.284. The smallest absolute Gasteiger partial charge is 0.471 e. The predicted molar refractivity (Wildman–Crippen MR) is 80.1 cm³/mol. The van der Waals surface area contributed by atoms with E-state index in [-0.39, 0.29) is 12.8 Å². The van der Waals surface area contributed by atoms with Gasteiger partial charge in [0.25, 0.3) is 0 Å². The van der Waals surface area contributed by atoms with Crippen molar-refractivity contribution < 1.29 is 27.9 Å². The fraction of sp³-hybridized carbons (Fsp3) is 0.500. The number of amides is 1. The number of piperidine rings is 1. The summed E-state index contributed by atoms with van der Waals surface area (Å²) < 4.78 is 37.5. The molecule has 0 unspecified atom stereocenters. The Morgan fingerprint density at radius 1 is 1.17 bits per heavy atom. The Balaban J connectivity index is 2.01. The molecule has 0 atom stereocenters. The molecule has 132 valence electrons. The van der Waals surface area contributed by atoms with Crippen molar-refractivity contribution in [2.75, 3.05) is 13.1 Å². The third-order valence-corrected chi connectivity index (χ3v) is 4.19. The first kappa shape index (κ1) is 18.3. The van der Waals surface area contributed by atoms with E-state index in [1.165, 1.54) is 0 Å². The summed E-state index contributed by atoms with van der Waals surface area (Å²) in [6, 6.07) is 9.59. The maximum Gasteiger partial charge on any atom is 0.471 e. The maximum atomic E-state index is 12.5. The van der Waals surface area contributed by atoms with Gasteiger partial charge in [0.2, 0.25) is 0 Å². The zero-order valence-corrected chi connectivity index (χ0v) is 13.0. The number of rotatable bonds is 5. The standard InChI is InChI=1S/C16H19F3N2O3/c17-16(18,19)14(24)20-15(10-13(22)23)6-8-21(9-7-15)11-12-4-2-1-3-5-12/h1-5H,6-11H2,(H,20,24)(H,22,23). The van der Waals surface area contributed by atoms with Gasteiger partial charge in [0.1, 0.15) is 0 Å². The highest BCUT2D eigenvalue weighted by Crippen LogP contribution is 2.28. The van der Waals surface area contributed by atoms with Crippen molar-refractivity contribution in [3.05, 3.63) is 35.9 Å². The second-order valence-electron chi connectivity index (χ2n) is 6.06. The lowest BCUT2D eigenvalue weighted by Gasteiger charge is -2.41. The van der Waals surface area contributed by atoms with Crippen molar-refractivity contribution in [2.45, 2.75) is 37.5 Å². The molecule has 2 N–H and O–H groups in total. The fourth-order valence-corrected chi connectivity index (χ4v) is 2.93. The van der Waals surface area contributed by atoms with Gasteiger partial charge in [-0.15, -0.1) is 0 Å². The molecule has 1 aliphatic rings. The van der Waals surface area contributed by atoms with E-state index >= 15 is 0 Å². The van der Waals surface area contributed by atoms with Crippen molar-refractivity contribution in [2.24, 2.45) is 0 Å². The van der Waals surface area contributed by atoms with Gasteiger partial charge >= 0.3 is 18.1 Å². The summed E-state index contributed by atoms with van der Waals surface area (Å²) in [7, 11) is 0. The third kappa shape index (κ3) is 4.95.